The Morgan fingerprint density at radius 2 is 2.12 bits per heavy atom. The molecule has 2 aromatic rings. The molecule has 0 aliphatic rings. The zero-order valence-corrected chi connectivity index (χ0v) is 10.6. The van der Waals surface area contributed by atoms with Crippen LogP contribution in [0.25, 0.3) is 10.9 Å². The van der Waals surface area contributed by atoms with Gasteiger partial charge >= 0.3 is 0 Å². The first-order valence-electron chi connectivity index (χ1n) is 6.41. The van der Waals surface area contributed by atoms with Gasteiger partial charge in [-0.05, 0) is 25.5 Å². The van der Waals surface area contributed by atoms with E-state index in [1.807, 2.05) is 24.4 Å². The number of hydrogen-bond donors (Lipinski definition) is 1. The summed E-state index contributed by atoms with van der Waals surface area (Å²) in [7, 11) is 0. The van der Waals surface area contributed by atoms with E-state index in [-0.39, 0.29) is 0 Å². The molecule has 0 bridgehead atoms. The van der Waals surface area contributed by atoms with Crippen LogP contribution in [0.2, 0.25) is 0 Å². The molecule has 0 fully saturated rings. The topological polar surface area (TPSA) is 24.9 Å². The van der Waals surface area contributed by atoms with Gasteiger partial charge in [0, 0.05) is 11.4 Å². The summed E-state index contributed by atoms with van der Waals surface area (Å²) >= 11 is 0. The number of anilines is 1. The number of aromatic nitrogens is 1. The molecule has 0 amide bonds. The SMILES string of the molecule is CCCCC(C)Nc1cnc2ccccc2c1. The van der Waals surface area contributed by atoms with Gasteiger partial charge in [-0.2, -0.15) is 0 Å². The highest BCUT2D eigenvalue weighted by molar-refractivity contribution is 5.81. The van der Waals surface area contributed by atoms with Crippen LogP contribution in [-0.4, -0.2) is 11.0 Å². The van der Waals surface area contributed by atoms with Crippen molar-refractivity contribution >= 4 is 16.6 Å². The summed E-state index contributed by atoms with van der Waals surface area (Å²) in [5.41, 5.74) is 2.17. The minimum absolute atomic E-state index is 0.512. The molecule has 1 aromatic carbocycles. The van der Waals surface area contributed by atoms with E-state index >= 15 is 0 Å². The van der Waals surface area contributed by atoms with Gasteiger partial charge in [0.1, 0.15) is 0 Å². The number of nitrogens with one attached hydrogen (secondary N) is 1. The van der Waals surface area contributed by atoms with Gasteiger partial charge in [0.2, 0.25) is 0 Å². The minimum Gasteiger partial charge on any atom is -0.381 e. The molecule has 1 N–H and O–H groups in total. The van der Waals surface area contributed by atoms with Crippen molar-refractivity contribution < 1.29 is 0 Å². The molecule has 0 spiro atoms. The van der Waals surface area contributed by atoms with E-state index in [2.05, 4.69) is 36.3 Å². The molecule has 1 unspecified atom stereocenters. The molecule has 2 nitrogen and oxygen atoms in total. The number of fused-ring (bicyclic) bond motifs is 1. The molecule has 0 aliphatic heterocycles. The van der Waals surface area contributed by atoms with Crippen LogP contribution in [0.1, 0.15) is 33.1 Å². The average Bonchev–Trinajstić information content (AvgIpc) is 2.36. The Morgan fingerprint density at radius 3 is 2.94 bits per heavy atom. The second-order valence-corrected chi connectivity index (χ2v) is 4.60. The largest absolute Gasteiger partial charge is 0.381 e. The van der Waals surface area contributed by atoms with Gasteiger partial charge in [0.15, 0.2) is 0 Å². The molecule has 1 atom stereocenters. The molecular weight excluding hydrogens is 208 g/mol. The maximum atomic E-state index is 4.45. The Balaban J connectivity index is 2.08. The van der Waals surface area contributed by atoms with Crippen LogP contribution < -0.4 is 5.32 Å². The molecule has 2 rings (SSSR count). The van der Waals surface area contributed by atoms with Crippen molar-refractivity contribution in [1.29, 1.82) is 0 Å². The first-order valence-corrected chi connectivity index (χ1v) is 6.41. The Labute approximate surface area is 103 Å². The van der Waals surface area contributed by atoms with Crippen molar-refractivity contribution in [3.63, 3.8) is 0 Å². The smallest absolute Gasteiger partial charge is 0.0703 e. The van der Waals surface area contributed by atoms with E-state index in [1.165, 1.54) is 24.6 Å². The zero-order valence-electron chi connectivity index (χ0n) is 10.6. The maximum Gasteiger partial charge on any atom is 0.0703 e. The van der Waals surface area contributed by atoms with E-state index in [4.69, 9.17) is 0 Å². The summed E-state index contributed by atoms with van der Waals surface area (Å²) in [5, 5.41) is 4.70. The van der Waals surface area contributed by atoms with Crippen LogP contribution in [0, 0.1) is 0 Å². The average molecular weight is 228 g/mol. The van der Waals surface area contributed by atoms with Crippen LogP contribution in [0.15, 0.2) is 36.5 Å². The van der Waals surface area contributed by atoms with Crippen LogP contribution in [0.5, 0.6) is 0 Å². The van der Waals surface area contributed by atoms with Gasteiger partial charge in [-0.3, -0.25) is 4.98 Å². The minimum atomic E-state index is 0.512. The fourth-order valence-electron chi connectivity index (χ4n) is 2.02. The quantitative estimate of drug-likeness (QED) is 0.828. The summed E-state index contributed by atoms with van der Waals surface area (Å²) in [6, 6.07) is 10.9. The summed E-state index contributed by atoms with van der Waals surface area (Å²) in [6.45, 7) is 4.45. The third-order valence-corrected chi connectivity index (χ3v) is 2.99. The van der Waals surface area contributed by atoms with Gasteiger partial charge in [0.25, 0.3) is 0 Å². The summed E-state index contributed by atoms with van der Waals surface area (Å²) in [4.78, 5) is 4.45. The Bertz CT molecular complexity index is 479. The fourth-order valence-corrected chi connectivity index (χ4v) is 2.02. The third kappa shape index (κ3) is 3.19. The first-order chi connectivity index (χ1) is 8.29. The predicted molar refractivity (Wildman–Crippen MR) is 74.4 cm³/mol. The lowest BCUT2D eigenvalue weighted by atomic mass is 10.1. The summed E-state index contributed by atoms with van der Waals surface area (Å²) < 4.78 is 0. The van der Waals surface area contributed by atoms with Gasteiger partial charge < -0.3 is 5.32 Å². The Morgan fingerprint density at radius 1 is 1.29 bits per heavy atom. The number of hydrogen-bond acceptors (Lipinski definition) is 2. The number of unbranched alkanes of at least 4 members (excludes halogenated alkanes) is 1. The van der Waals surface area contributed by atoms with E-state index in [0.29, 0.717) is 6.04 Å². The van der Waals surface area contributed by atoms with Gasteiger partial charge in [-0.25, -0.2) is 0 Å². The van der Waals surface area contributed by atoms with Crippen molar-refractivity contribution in [3.05, 3.63) is 36.5 Å². The molecular formula is C15H20N2. The molecule has 2 heteroatoms. The molecule has 0 saturated carbocycles. The number of para-hydroxylation sites is 1. The first kappa shape index (κ1) is 11.9. The molecule has 1 aromatic heterocycles. The second-order valence-electron chi connectivity index (χ2n) is 4.60. The van der Waals surface area contributed by atoms with Crippen LogP contribution in [0.4, 0.5) is 5.69 Å². The maximum absolute atomic E-state index is 4.45. The number of benzene rings is 1. The van der Waals surface area contributed by atoms with Crippen LogP contribution in [-0.2, 0) is 0 Å². The highest BCUT2D eigenvalue weighted by Crippen LogP contribution is 2.17. The van der Waals surface area contributed by atoms with E-state index in [9.17, 15) is 0 Å². The second kappa shape index (κ2) is 5.67. The van der Waals surface area contributed by atoms with Gasteiger partial charge in [-0.15, -0.1) is 0 Å². The predicted octanol–water partition coefficient (Wildman–Crippen LogP) is 4.23. The molecule has 0 aliphatic carbocycles. The van der Waals surface area contributed by atoms with Crippen LogP contribution >= 0.6 is 0 Å². The molecule has 1 heterocycles. The van der Waals surface area contributed by atoms with E-state index in [1.54, 1.807) is 0 Å². The third-order valence-electron chi connectivity index (χ3n) is 2.99. The van der Waals surface area contributed by atoms with Crippen molar-refractivity contribution in [2.75, 3.05) is 5.32 Å². The van der Waals surface area contributed by atoms with Gasteiger partial charge in [0.05, 0.1) is 17.4 Å². The monoisotopic (exact) mass is 228 g/mol. The fraction of sp³-hybridized carbons (Fsp3) is 0.400. The lowest BCUT2D eigenvalue weighted by molar-refractivity contribution is 0.645. The molecule has 0 saturated heterocycles. The standard InChI is InChI=1S/C15H20N2/c1-3-4-7-12(2)17-14-10-13-8-5-6-9-15(13)16-11-14/h5-6,8-12,17H,3-4,7H2,1-2H3. The van der Waals surface area contributed by atoms with Crippen molar-refractivity contribution in [1.82, 2.24) is 4.98 Å². The lowest BCUT2D eigenvalue weighted by Gasteiger charge is -2.14. The normalized spacial score (nSPS) is 12.6. The lowest BCUT2D eigenvalue weighted by Crippen LogP contribution is -2.14. The number of nitrogens with zero attached hydrogens (tertiary/aromatic N) is 1. The summed E-state index contributed by atoms with van der Waals surface area (Å²) in [5.74, 6) is 0. The highest BCUT2D eigenvalue weighted by atomic mass is 14.9. The molecule has 90 valence electrons. The number of pyridine rings is 1. The Kier molecular flexibility index (Phi) is 3.97. The Hall–Kier alpha value is -1.57. The highest BCUT2D eigenvalue weighted by Gasteiger charge is 2.02. The van der Waals surface area contributed by atoms with Crippen molar-refractivity contribution in [3.8, 4) is 0 Å². The number of rotatable bonds is 5. The molecule has 0 radical (unpaired) electrons. The zero-order chi connectivity index (χ0) is 12.1. The van der Waals surface area contributed by atoms with Crippen molar-refractivity contribution in [2.24, 2.45) is 0 Å². The molecule has 17 heavy (non-hydrogen) atoms. The van der Waals surface area contributed by atoms with E-state index < -0.39 is 0 Å². The van der Waals surface area contributed by atoms with Gasteiger partial charge in [-0.1, -0.05) is 38.0 Å². The summed E-state index contributed by atoms with van der Waals surface area (Å²) in [6.07, 6.45) is 5.66. The van der Waals surface area contributed by atoms with Crippen LogP contribution in [0.3, 0.4) is 0 Å². The van der Waals surface area contributed by atoms with Crippen molar-refractivity contribution in [2.45, 2.75) is 39.2 Å². The van der Waals surface area contributed by atoms with E-state index in [0.717, 1.165) is 11.2 Å².